The third-order valence-electron chi connectivity index (χ3n) is 12.0. The largest absolute Gasteiger partial charge is 0.356 e. The number of allylic oxidation sites excluding steroid dienone is 1. The van der Waals surface area contributed by atoms with E-state index in [0.717, 1.165) is 37.7 Å². The number of ether oxygens (including phenoxy) is 1. The highest BCUT2D eigenvalue weighted by atomic mass is 32.2. The van der Waals surface area contributed by atoms with Gasteiger partial charge in [-0.15, -0.1) is 0 Å². The van der Waals surface area contributed by atoms with E-state index in [1.54, 1.807) is 12.1 Å². The molecule has 1 aromatic rings. The summed E-state index contributed by atoms with van der Waals surface area (Å²) in [6.07, 6.45) is 10.3. The van der Waals surface area contributed by atoms with E-state index in [1.165, 1.54) is 23.5 Å². The molecule has 216 valence electrons. The van der Waals surface area contributed by atoms with Crippen molar-refractivity contribution >= 4 is 10.1 Å². The average Bonchev–Trinajstić information content (AvgIpc) is 3.34. The van der Waals surface area contributed by atoms with Crippen LogP contribution in [0.3, 0.4) is 0 Å². The SMILES string of the molecule is Cc1ccc(S(=O)(=O)O[C@@H]2CC[C@@]3(C)C(=CCC4C3CC[C@@]3(C)C4CC[C@@H]3C3(C)OCC(C)(C)N3O)C2)cc1. The third-order valence-corrected chi connectivity index (χ3v) is 13.4. The molecule has 6 rings (SSSR count). The number of hydroxylamine groups is 2. The number of hydrogen-bond donors (Lipinski definition) is 1. The van der Waals surface area contributed by atoms with Crippen LogP contribution in [-0.4, -0.2) is 42.7 Å². The van der Waals surface area contributed by atoms with Gasteiger partial charge in [0.05, 0.1) is 23.1 Å². The van der Waals surface area contributed by atoms with Crippen molar-refractivity contribution in [2.24, 2.45) is 34.5 Å². The molecule has 3 saturated carbocycles. The van der Waals surface area contributed by atoms with Crippen molar-refractivity contribution in [3.05, 3.63) is 41.5 Å². The molecule has 39 heavy (non-hydrogen) atoms. The molecule has 4 fully saturated rings. The monoisotopic (exact) mass is 557 g/mol. The fourth-order valence-electron chi connectivity index (χ4n) is 9.82. The summed E-state index contributed by atoms with van der Waals surface area (Å²) in [6, 6.07) is 6.93. The quantitative estimate of drug-likeness (QED) is 0.322. The number of nitrogens with zero attached hydrogens (tertiary/aromatic N) is 1. The highest BCUT2D eigenvalue weighted by Gasteiger charge is 2.65. The summed E-state index contributed by atoms with van der Waals surface area (Å²) in [5.74, 6) is 2.16. The fourth-order valence-corrected chi connectivity index (χ4v) is 10.9. The Hall–Kier alpha value is -1.25. The van der Waals surface area contributed by atoms with Crippen LogP contribution in [0.5, 0.6) is 0 Å². The smallest absolute Gasteiger partial charge is 0.297 e. The van der Waals surface area contributed by atoms with Crippen molar-refractivity contribution in [1.29, 1.82) is 0 Å². The van der Waals surface area contributed by atoms with E-state index in [0.29, 0.717) is 36.7 Å². The van der Waals surface area contributed by atoms with Gasteiger partial charge in [0.25, 0.3) is 10.1 Å². The summed E-state index contributed by atoms with van der Waals surface area (Å²) < 4.78 is 38.2. The van der Waals surface area contributed by atoms with Crippen LogP contribution >= 0.6 is 0 Å². The second kappa shape index (κ2) is 9.12. The maximum atomic E-state index is 13.0. The predicted octanol–water partition coefficient (Wildman–Crippen LogP) is 6.86. The van der Waals surface area contributed by atoms with Crippen LogP contribution in [0.4, 0.5) is 0 Å². The molecule has 1 aliphatic heterocycles. The van der Waals surface area contributed by atoms with Crippen molar-refractivity contribution < 1.29 is 22.5 Å². The third kappa shape index (κ3) is 4.20. The van der Waals surface area contributed by atoms with Crippen LogP contribution in [-0.2, 0) is 19.0 Å². The normalized spacial score (nSPS) is 43.9. The second-order valence-electron chi connectivity index (χ2n) is 14.6. The topological polar surface area (TPSA) is 76.1 Å². The Bertz CT molecular complexity index is 1260. The van der Waals surface area contributed by atoms with Crippen molar-refractivity contribution in [2.75, 3.05) is 6.61 Å². The van der Waals surface area contributed by atoms with E-state index in [1.807, 2.05) is 19.1 Å². The molecule has 5 aliphatic rings. The summed E-state index contributed by atoms with van der Waals surface area (Å²) >= 11 is 0. The first-order valence-electron chi connectivity index (χ1n) is 15.0. The van der Waals surface area contributed by atoms with Crippen molar-refractivity contribution in [1.82, 2.24) is 5.06 Å². The van der Waals surface area contributed by atoms with Crippen LogP contribution in [0.1, 0.15) is 91.5 Å². The van der Waals surface area contributed by atoms with Crippen LogP contribution < -0.4 is 0 Å². The van der Waals surface area contributed by atoms with Crippen molar-refractivity contribution in [3.63, 3.8) is 0 Å². The van der Waals surface area contributed by atoms with E-state index in [4.69, 9.17) is 8.92 Å². The Labute approximate surface area is 235 Å². The Morgan fingerprint density at radius 3 is 2.36 bits per heavy atom. The van der Waals surface area contributed by atoms with Gasteiger partial charge in [-0.25, -0.2) is 0 Å². The molecule has 6 nitrogen and oxygen atoms in total. The minimum absolute atomic E-state index is 0.106. The highest BCUT2D eigenvalue weighted by Crippen LogP contribution is 2.68. The van der Waals surface area contributed by atoms with Gasteiger partial charge < -0.3 is 9.94 Å². The molecule has 0 spiro atoms. The Kier molecular flexibility index (Phi) is 6.53. The van der Waals surface area contributed by atoms with Gasteiger partial charge in [0.1, 0.15) is 5.72 Å². The fraction of sp³-hybridized carbons (Fsp3) is 0.750. The zero-order valence-corrected chi connectivity index (χ0v) is 25.4. The van der Waals surface area contributed by atoms with E-state index in [-0.39, 0.29) is 27.4 Å². The van der Waals surface area contributed by atoms with Gasteiger partial charge in [0, 0.05) is 5.92 Å². The first-order valence-corrected chi connectivity index (χ1v) is 16.4. The molecular weight excluding hydrogens is 510 g/mol. The number of rotatable bonds is 4. The molecule has 1 N–H and O–H groups in total. The zero-order chi connectivity index (χ0) is 28.0. The number of aryl methyl sites for hydroxylation is 1. The molecule has 8 atom stereocenters. The molecule has 4 aliphatic carbocycles. The molecule has 0 radical (unpaired) electrons. The molecule has 7 heteroatoms. The zero-order valence-electron chi connectivity index (χ0n) is 24.6. The maximum absolute atomic E-state index is 13.0. The molecule has 0 aromatic heterocycles. The number of benzene rings is 1. The predicted molar refractivity (Wildman–Crippen MR) is 150 cm³/mol. The number of hydrogen-bond acceptors (Lipinski definition) is 6. The van der Waals surface area contributed by atoms with Crippen LogP contribution in [0.25, 0.3) is 0 Å². The summed E-state index contributed by atoms with van der Waals surface area (Å²) in [5.41, 5.74) is 1.67. The summed E-state index contributed by atoms with van der Waals surface area (Å²) in [4.78, 5) is 0.242. The molecule has 4 unspecified atom stereocenters. The van der Waals surface area contributed by atoms with Gasteiger partial charge in [-0.2, -0.15) is 13.5 Å². The van der Waals surface area contributed by atoms with Gasteiger partial charge in [0.15, 0.2) is 0 Å². The van der Waals surface area contributed by atoms with E-state index in [2.05, 4.69) is 40.7 Å². The molecular formula is C32H47NO5S. The molecule has 0 bridgehead atoms. The lowest BCUT2D eigenvalue weighted by molar-refractivity contribution is -0.278. The van der Waals surface area contributed by atoms with E-state index in [9.17, 15) is 13.6 Å². The lowest BCUT2D eigenvalue weighted by Crippen LogP contribution is -2.58. The number of fused-ring (bicyclic) bond motifs is 5. The van der Waals surface area contributed by atoms with E-state index < -0.39 is 15.8 Å². The highest BCUT2D eigenvalue weighted by molar-refractivity contribution is 7.86. The lowest BCUT2D eigenvalue weighted by Gasteiger charge is -2.59. The Morgan fingerprint density at radius 2 is 1.69 bits per heavy atom. The van der Waals surface area contributed by atoms with Crippen LogP contribution in [0.15, 0.2) is 40.8 Å². The van der Waals surface area contributed by atoms with Gasteiger partial charge in [0.2, 0.25) is 0 Å². The second-order valence-corrected chi connectivity index (χ2v) is 16.2. The Morgan fingerprint density at radius 1 is 0.974 bits per heavy atom. The van der Waals surface area contributed by atoms with Crippen molar-refractivity contribution in [2.45, 2.75) is 115 Å². The van der Waals surface area contributed by atoms with Gasteiger partial charge in [-0.05, 0) is 120 Å². The van der Waals surface area contributed by atoms with Gasteiger partial charge in [-0.1, -0.05) is 43.2 Å². The summed E-state index contributed by atoms with van der Waals surface area (Å²) in [6.45, 7) is 13.6. The molecule has 1 aromatic carbocycles. The van der Waals surface area contributed by atoms with Gasteiger partial charge >= 0.3 is 0 Å². The average molecular weight is 558 g/mol. The first kappa shape index (κ1) is 27.9. The standard InChI is InChI=1S/C32H47NO5S/c1-21-7-10-24(11-8-21)39(35,36)38-23-15-17-30(4)22(19-23)9-12-25-26-13-14-28(31(26,5)18-16-27(25)30)32(6)33(34)29(2,3)20-37-32/h7-11,23,25-28,34H,12-20H2,1-6H3/t23-,25?,26?,27?,28+,30+,31+,32?/m1/s1. The minimum Gasteiger partial charge on any atom is -0.356 e. The maximum Gasteiger partial charge on any atom is 0.297 e. The Balaban J connectivity index is 1.20. The molecule has 1 heterocycles. The minimum atomic E-state index is -3.77. The van der Waals surface area contributed by atoms with E-state index >= 15 is 0 Å². The summed E-state index contributed by atoms with van der Waals surface area (Å²) in [5, 5.41) is 12.7. The van der Waals surface area contributed by atoms with Gasteiger partial charge in [-0.3, -0.25) is 4.18 Å². The van der Waals surface area contributed by atoms with Crippen LogP contribution in [0, 0.1) is 41.4 Å². The van der Waals surface area contributed by atoms with Crippen molar-refractivity contribution in [3.8, 4) is 0 Å². The summed E-state index contributed by atoms with van der Waals surface area (Å²) in [7, 11) is -3.77. The van der Waals surface area contributed by atoms with Crippen LogP contribution in [0.2, 0.25) is 0 Å². The first-order chi connectivity index (χ1) is 18.2. The molecule has 0 amide bonds. The lowest BCUT2D eigenvalue weighted by atomic mass is 9.47. The molecule has 1 saturated heterocycles.